The van der Waals surface area contributed by atoms with Crippen LogP contribution in [0.1, 0.15) is 27.7 Å². The number of nitrogens with zero attached hydrogens (tertiary/aromatic N) is 1. The topological polar surface area (TPSA) is 44.7 Å². The van der Waals surface area contributed by atoms with Gasteiger partial charge in [0.15, 0.2) is 0 Å². The molecule has 0 heterocycles. The zero-order chi connectivity index (χ0) is 13.3. The molecule has 0 bridgehead atoms. The van der Waals surface area contributed by atoms with Gasteiger partial charge in [-0.3, -0.25) is 0 Å². The standard InChI is InChI=1S/C13H30N2O2/c1-11(2)9-17-10-13(16)8-14-6-7-15(5)12(3)4/h11-14,16H,6-10H2,1-5H3. The van der Waals surface area contributed by atoms with Crippen molar-refractivity contribution in [1.29, 1.82) is 0 Å². The van der Waals surface area contributed by atoms with Crippen molar-refractivity contribution in [2.75, 3.05) is 39.9 Å². The summed E-state index contributed by atoms with van der Waals surface area (Å²) in [4.78, 5) is 2.27. The van der Waals surface area contributed by atoms with E-state index in [1.165, 1.54) is 0 Å². The lowest BCUT2D eigenvalue weighted by molar-refractivity contribution is 0.0260. The Kier molecular flexibility index (Phi) is 9.74. The van der Waals surface area contributed by atoms with Crippen LogP contribution >= 0.6 is 0 Å². The van der Waals surface area contributed by atoms with Crippen LogP contribution in [0.25, 0.3) is 0 Å². The Labute approximate surface area is 106 Å². The van der Waals surface area contributed by atoms with Gasteiger partial charge in [0, 0.05) is 32.3 Å². The van der Waals surface area contributed by atoms with Gasteiger partial charge in [0.25, 0.3) is 0 Å². The molecule has 0 aliphatic heterocycles. The number of rotatable bonds is 10. The van der Waals surface area contributed by atoms with Crippen LogP contribution in [0.5, 0.6) is 0 Å². The second kappa shape index (κ2) is 9.83. The van der Waals surface area contributed by atoms with E-state index in [-0.39, 0.29) is 0 Å². The number of likely N-dealkylation sites (N-methyl/N-ethyl adjacent to an activating group) is 1. The molecule has 0 radical (unpaired) electrons. The Hall–Kier alpha value is -0.160. The van der Waals surface area contributed by atoms with Crippen molar-refractivity contribution in [1.82, 2.24) is 10.2 Å². The van der Waals surface area contributed by atoms with E-state index in [0.717, 1.165) is 13.1 Å². The van der Waals surface area contributed by atoms with Gasteiger partial charge in [0.05, 0.1) is 12.7 Å². The number of hydrogen-bond acceptors (Lipinski definition) is 4. The van der Waals surface area contributed by atoms with Gasteiger partial charge >= 0.3 is 0 Å². The minimum Gasteiger partial charge on any atom is -0.389 e. The van der Waals surface area contributed by atoms with Gasteiger partial charge in [-0.25, -0.2) is 0 Å². The lowest BCUT2D eigenvalue weighted by Gasteiger charge is -2.21. The summed E-state index contributed by atoms with van der Waals surface area (Å²) in [6, 6.07) is 0.566. The van der Waals surface area contributed by atoms with Crippen LogP contribution in [0, 0.1) is 5.92 Å². The van der Waals surface area contributed by atoms with Crippen molar-refractivity contribution >= 4 is 0 Å². The first-order valence-electron chi connectivity index (χ1n) is 6.60. The second-order valence-electron chi connectivity index (χ2n) is 5.36. The monoisotopic (exact) mass is 246 g/mol. The first-order valence-corrected chi connectivity index (χ1v) is 6.60. The largest absolute Gasteiger partial charge is 0.389 e. The third-order valence-electron chi connectivity index (χ3n) is 2.66. The van der Waals surface area contributed by atoms with Crippen molar-refractivity contribution in [3.8, 4) is 0 Å². The maximum absolute atomic E-state index is 9.64. The van der Waals surface area contributed by atoms with Gasteiger partial charge in [-0.2, -0.15) is 0 Å². The van der Waals surface area contributed by atoms with Crippen molar-refractivity contribution in [3.63, 3.8) is 0 Å². The van der Waals surface area contributed by atoms with E-state index in [0.29, 0.717) is 31.7 Å². The lowest BCUT2D eigenvalue weighted by atomic mass is 10.2. The fourth-order valence-corrected chi connectivity index (χ4v) is 1.28. The van der Waals surface area contributed by atoms with E-state index < -0.39 is 6.10 Å². The molecule has 2 N–H and O–H groups in total. The second-order valence-corrected chi connectivity index (χ2v) is 5.36. The maximum Gasteiger partial charge on any atom is 0.0897 e. The molecule has 0 aliphatic rings. The molecule has 0 aromatic rings. The van der Waals surface area contributed by atoms with Gasteiger partial charge in [0.1, 0.15) is 0 Å². The van der Waals surface area contributed by atoms with Crippen LogP contribution in [-0.4, -0.2) is 62.0 Å². The summed E-state index contributed by atoms with van der Waals surface area (Å²) in [5.41, 5.74) is 0. The molecule has 0 saturated heterocycles. The zero-order valence-corrected chi connectivity index (χ0v) is 12.1. The van der Waals surface area contributed by atoms with E-state index in [1.807, 2.05) is 0 Å². The molecule has 0 spiro atoms. The molecule has 0 fully saturated rings. The van der Waals surface area contributed by atoms with E-state index in [2.05, 4.69) is 45.0 Å². The Balaban J connectivity index is 3.36. The van der Waals surface area contributed by atoms with Gasteiger partial charge in [-0.05, 0) is 26.8 Å². The quantitative estimate of drug-likeness (QED) is 0.563. The molecule has 4 nitrogen and oxygen atoms in total. The molecule has 0 aromatic heterocycles. The summed E-state index contributed by atoms with van der Waals surface area (Å²) in [7, 11) is 2.11. The maximum atomic E-state index is 9.64. The fraction of sp³-hybridized carbons (Fsp3) is 1.00. The van der Waals surface area contributed by atoms with Crippen LogP contribution in [0.4, 0.5) is 0 Å². The smallest absolute Gasteiger partial charge is 0.0897 e. The summed E-state index contributed by atoms with van der Waals surface area (Å²) in [6.07, 6.45) is -0.405. The highest BCUT2D eigenvalue weighted by Gasteiger charge is 2.06. The molecule has 0 rings (SSSR count). The summed E-state index contributed by atoms with van der Waals surface area (Å²) < 4.78 is 5.37. The van der Waals surface area contributed by atoms with Crippen LogP contribution in [-0.2, 0) is 4.74 Å². The lowest BCUT2D eigenvalue weighted by Crippen LogP contribution is -2.37. The first kappa shape index (κ1) is 16.8. The normalized spacial score (nSPS) is 13.9. The number of aliphatic hydroxyl groups is 1. The molecule has 104 valence electrons. The Morgan fingerprint density at radius 1 is 1.18 bits per heavy atom. The van der Waals surface area contributed by atoms with Gasteiger partial charge < -0.3 is 20.1 Å². The average molecular weight is 246 g/mol. The molecule has 0 amide bonds. The third kappa shape index (κ3) is 10.7. The van der Waals surface area contributed by atoms with Crippen LogP contribution < -0.4 is 5.32 Å². The molecule has 17 heavy (non-hydrogen) atoms. The number of aliphatic hydroxyl groups excluding tert-OH is 1. The molecule has 1 atom stereocenters. The van der Waals surface area contributed by atoms with E-state index in [1.54, 1.807) is 0 Å². The molecule has 4 heteroatoms. The third-order valence-corrected chi connectivity index (χ3v) is 2.66. The van der Waals surface area contributed by atoms with E-state index in [4.69, 9.17) is 4.74 Å². The van der Waals surface area contributed by atoms with Gasteiger partial charge in [-0.15, -0.1) is 0 Å². The van der Waals surface area contributed by atoms with Gasteiger partial charge in [0.2, 0.25) is 0 Å². The molecular weight excluding hydrogens is 216 g/mol. The minimum absolute atomic E-state index is 0.405. The highest BCUT2D eigenvalue weighted by atomic mass is 16.5. The van der Waals surface area contributed by atoms with Crippen molar-refractivity contribution in [2.24, 2.45) is 5.92 Å². The predicted octanol–water partition coefficient (Wildman–Crippen LogP) is 0.950. The Bertz CT molecular complexity index is 175. The molecular formula is C13H30N2O2. The fourth-order valence-electron chi connectivity index (χ4n) is 1.28. The average Bonchev–Trinajstić information content (AvgIpc) is 2.23. The number of nitrogens with one attached hydrogen (secondary N) is 1. The Morgan fingerprint density at radius 3 is 2.35 bits per heavy atom. The van der Waals surface area contributed by atoms with Crippen molar-refractivity contribution < 1.29 is 9.84 Å². The summed E-state index contributed by atoms with van der Waals surface area (Å²) in [6.45, 7) is 12.2. The van der Waals surface area contributed by atoms with Crippen molar-refractivity contribution in [2.45, 2.75) is 39.8 Å². The van der Waals surface area contributed by atoms with E-state index in [9.17, 15) is 5.11 Å². The van der Waals surface area contributed by atoms with E-state index >= 15 is 0 Å². The zero-order valence-electron chi connectivity index (χ0n) is 12.1. The van der Waals surface area contributed by atoms with Gasteiger partial charge in [-0.1, -0.05) is 13.8 Å². The SMILES string of the molecule is CC(C)COCC(O)CNCCN(C)C(C)C. The summed E-state index contributed by atoms with van der Waals surface area (Å²) in [5, 5.41) is 12.9. The highest BCUT2D eigenvalue weighted by Crippen LogP contribution is 1.94. The number of hydrogen-bond donors (Lipinski definition) is 2. The van der Waals surface area contributed by atoms with Crippen molar-refractivity contribution in [3.05, 3.63) is 0 Å². The molecule has 0 saturated carbocycles. The Morgan fingerprint density at radius 2 is 1.82 bits per heavy atom. The molecule has 1 unspecified atom stereocenters. The van der Waals surface area contributed by atoms with Crippen LogP contribution in [0.3, 0.4) is 0 Å². The molecule has 0 aliphatic carbocycles. The minimum atomic E-state index is -0.405. The summed E-state index contributed by atoms with van der Waals surface area (Å²) >= 11 is 0. The predicted molar refractivity (Wildman–Crippen MR) is 72.3 cm³/mol. The van der Waals surface area contributed by atoms with Crippen LogP contribution in [0.2, 0.25) is 0 Å². The number of ether oxygens (including phenoxy) is 1. The molecule has 0 aromatic carbocycles. The first-order chi connectivity index (χ1) is 7.93. The summed E-state index contributed by atoms with van der Waals surface area (Å²) in [5.74, 6) is 0.523. The highest BCUT2D eigenvalue weighted by molar-refractivity contribution is 4.62. The van der Waals surface area contributed by atoms with Crippen LogP contribution in [0.15, 0.2) is 0 Å².